The van der Waals surface area contributed by atoms with E-state index in [9.17, 15) is 4.79 Å². The second-order valence-electron chi connectivity index (χ2n) is 6.15. The van der Waals surface area contributed by atoms with E-state index >= 15 is 0 Å². The number of anilines is 1. The van der Waals surface area contributed by atoms with Crippen LogP contribution in [0.25, 0.3) is 0 Å². The average molecular weight is 324 g/mol. The lowest BCUT2D eigenvalue weighted by Crippen LogP contribution is -2.35. The first kappa shape index (κ1) is 15.9. The molecule has 22 heavy (non-hydrogen) atoms. The zero-order valence-corrected chi connectivity index (χ0v) is 13.6. The highest BCUT2D eigenvalue weighted by atomic mass is 32.1. The van der Waals surface area contributed by atoms with E-state index < -0.39 is 0 Å². The van der Waals surface area contributed by atoms with Crippen LogP contribution < -0.4 is 11.1 Å². The van der Waals surface area contributed by atoms with Crippen LogP contribution in [0, 0.1) is 5.92 Å². The van der Waals surface area contributed by atoms with Crippen LogP contribution in [-0.2, 0) is 16.1 Å². The lowest BCUT2D eigenvalue weighted by molar-refractivity contribution is -0.120. The molecule has 3 rings (SSSR count). The van der Waals surface area contributed by atoms with Gasteiger partial charge in [0.25, 0.3) is 0 Å². The lowest BCUT2D eigenvalue weighted by atomic mass is 9.86. The Kier molecular flexibility index (Phi) is 5.41. The van der Waals surface area contributed by atoms with Crippen molar-refractivity contribution in [3.63, 3.8) is 0 Å². The zero-order valence-electron chi connectivity index (χ0n) is 12.8. The fraction of sp³-hybridized carbons (Fsp3) is 0.733. The number of ether oxygens (including phenoxy) is 1. The summed E-state index contributed by atoms with van der Waals surface area (Å²) in [5.41, 5.74) is 6.97. The molecule has 2 aliphatic rings. The monoisotopic (exact) mass is 324 g/mol. The van der Waals surface area contributed by atoms with E-state index in [1.54, 1.807) is 0 Å². The van der Waals surface area contributed by atoms with Gasteiger partial charge in [0.05, 0.1) is 18.9 Å². The maximum Gasteiger partial charge on any atom is 0.229 e. The first-order chi connectivity index (χ1) is 10.7. The van der Waals surface area contributed by atoms with Gasteiger partial charge < -0.3 is 15.8 Å². The van der Waals surface area contributed by atoms with Crippen LogP contribution in [0.2, 0.25) is 0 Å². The standard InChI is InChI=1S/C15H24N4O2S/c16-12-3-1-2-11(8-12)14(20)18-15-17-13(10-22-15)9-19-4-6-21-7-5-19/h10-12H,1-9,16H2,(H,17,18,20). The third-order valence-corrected chi connectivity index (χ3v) is 5.16. The van der Waals surface area contributed by atoms with Crippen molar-refractivity contribution < 1.29 is 9.53 Å². The fourth-order valence-corrected chi connectivity index (χ4v) is 3.80. The highest BCUT2D eigenvalue weighted by Gasteiger charge is 2.26. The highest BCUT2D eigenvalue weighted by molar-refractivity contribution is 7.13. The third-order valence-electron chi connectivity index (χ3n) is 4.36. The Morgan fingerprint density at radius 3 is 3.05 bits per heavy atom. The number of nitrogens with two attached hydrogens (primary N) is 1. The van der Waals surface area contributed by atoms with Gasteiger partial charge in [0.15, 0.2) is 5.13 Å². The molecule has 1 aromatic rings. The number of carbonyl (C=O) groups is 1. The van der Waals surface area contributed by atoms with E-state index in [4.69, 9.17) is 10.5 Å². The second kappa shape index (κ2) is 7.50. The summed E-state index contributed by atoms with van der Waals surface area (Å²) in [6.07, 6.45) is 3.80. The van der Waals surface area contributed by atoms with Gasteiger partial charge in [-0.1, -0.05) is 6.42 Å². The molecule has 2 heterocycles. The van der Waals surface area contributed by atoms with Crippen LogP contribution >= 0.6 is 11.3 Å². The lowest BCUT2D eigenvalue weighted by Gasteiger charge is -2.25. The number of carbonyl (C=O) groups excluding carboxylic acids is 1. The SMILES string of the molecule is NC1CCCC(C(=O)Nc2nc(CN3CCOCC3)cs2)C1. The Labute approximate surface area is 135 Å². The van der Waals surface area contributed by atoms with Gasteiger partial charge in [0, 0.05) is 37.0 Å². The van der Waals surface area contributed by atoms with E-state index in [1.807, 2.05) is 5.38 Å². The van der Waals surface area contributed by atoms with Crippen molar-refractivity contribution in [2.45, 2.75) is 38.3 Å². The van der Waals surface area contributed by atoms with Crippen molar-refractivity contribution in [3.8, 4) is 0 Å². The Bertz CT molecular complexity index is 501. The molecule has 1 aliphatic heterocycles. The number of nitrogens with zero attached hydrogens (tertiary/aromatic N) is 2. The van der Waals surface area contributed by atoms with Gasteiger partial charge in [-0.15, -0.1) is 11.3 Å². The van der Waals surface area contributed by atoms with Crippen LogP contribution in [0.4, 0.5) is 5.13 Å². The molecule has 122 valence electrons. The highest BCUT2D eigenvalue weighted by Crippen LogP contribution is 2.25. The van der Waals surface area contributed by atoms with Crippen LogP contribution in [0.5, 0.6) is 0 Å². The Balaban J connectivity index is 1.51. The molecular formula is C15H24N4O2S. The van der Waals surface area contributed by atoms with Crippen molar-refractivity contribution in [1.82, 2.24) is 9.88 Å². The molecule has 0 radical (unpaired) electrons. The van der Waals surface area contributed by atoms with Crippen LogP contribution in [-0.4, -0.2) is 48.1 Å². The van der Waals surface area contributed by atoms with Crippen molar-refractivity contribution >= 4 is 22.4 Å². The van der Waals surface area contributed by atoms with Crippen LogP contribution in [0.1, 0.15) is 31.4 Å². The number of morpholine rings is 1. The first-order valence-corrected chi connectivity index (χ1v) is 8.89. The van der Waals surface area contributed by atoms with Gasteiger partial charge in [0.2, 0.25) is 5.91 Å². The summed E-state index contributed by atoms with van der Waals surface area (Å²) in [7, 11) is 0. The van der Waals surface area contributed by atoms with Gasteiger partial charge in [0.1, 0.15) is 0 Å². The van der Waals surface area contributed by atoms with Crippen molar-refractivity contribution in [2.24, 2.45) is 11.7 Å². The predicted molar refractivity (Wildman–Crippen MR) is 86.8 cm³/mol. The molecule has 2 unspecified atom stereocenters. The number of nitrogens with one attached hydrogen (secondary N) is 1. The second-order valence-corrected chi connectivity index (χ2v) is 7.00. The van der Waals surface area contributed by atoms with Gasteiger partial charge in [-0.25, -0.2) is 4.98 Å². The van der Waals surface area contributed by atoms with Crippen LogP contribution in [0.3, 0.4) is 0 Å². The van der Waals surface area contributed by atoms with E-state index in [0.717, 1.165) is 64.2 Å². The van der Waals surface area contributed by atoms with Gasteiger partial charge in [-0.3, -0.25) is 9.69 Å². The fourth-order valence-electron chi connectivity index (χ4n) is 3.10. The summed E-state index contributed by atoms with van der Waals surface area (Å²) in [6.45, 7) is 4.29. The molecular weight excluding hydrogens is 300 g/mol. The Hall–Kier alpha value is -1.02. The Morgan fingerprint density at radius 1 is 1.45 bits per heavy atom. The molecule has 0 bridgehead atoms. The number of hydrogen-bond donors (Lipinski definition) is 2. The molecule has 1 amide bonds. The normalized spacial score (nSPS) is 26.8. The molecule has 3 N–H and O–H groups in total. The number of amides is 1. The quantitative estimate of drug-likeness (QED) is 0.876. The van der Waals surface area contributed by atoms with Gasteiger partial charge in [-0.05, 0) is 19.3 Å². The van der Waals surface area contributed by atoms with Crippen LogP contribution in [0.15, 0.2) is 5.38 Å². The summed E-state index contributed by atoms with van der Waals surface area (Å²) in [5, 5.41) is 5.69. The van der Waals surface area contributed by atoms with E-state index in [0.29, 0.717) is 5.13 Å². The maximum atomic E-state index is 12.3. The number of aromatic nitrogens is 1. The number of hydrogen-bond acceptors (Lipinski definition) is 6. The smallest absolute Gasteiger partial charge is 0.229 e. The van der Waals surface area contributed by atoms with E-state index in [-0.39, 0.29) is 17.9 Å². The largest absolute Gasteiger partial charge is 0.379 e. The molecule has 0 spiro atoms. The van der Waals surface area contributed by atoms with E-state index in [2.05, 4.69) is 15.2 Å². The van der Waals surface area contributed by atoms with Gasteiger partial charge in [-0.2, -0.15) is 0 Å². The number of rotatable bonds is 4. The summed E-state index contributed by atoms with van der Waals surface area (Å²) >= 11 is 1.50. The topological polar surface area (TPSA) is 80.5 Å². The summed E-state index contributed by atoms with van der Waals surface area (Å²) in [5.74, 6) is 0.109. The minimum atomic E-state index is 0.0374. The molecule has 0 aromatic carbocycles. The summed E-state index contributed by atoms with van der Waals surface area (Å²) in [6, 6.07) is 0.165. The van der Waals surface area contributed by atoms with Crippen molar-refractivity contribution in [1.29, 1.82) is 0 Å². The van der Waals surface area contributed by atoms with Crippen molar-refractivity contribution in [2.75, 3.05) is 31.6 Å². The minimum Gasteiger partial charge on any atom is -0.379 e. The predicted octanol–water partition coefficient (Wildman–Crippen LogP) is 1.43. The number of thiazole rings is 1. The molecule has 2 fully saturated rings. The minimum absolute atomic E-state index is 0.0374. The molecule has 1 saturated heterocycles. The zero-order chi connectivity index (χ0) is 15.4. The molecule has 6 nitrogen and oxygen atoms in total. The summed E-state index contributed by atoms with van der Waals surface area (Å²) in [4.78, 5) is 19.1. The average Bonchev–Trinajstić information content (AvgIpc) is 2.95. The molecule has 1 aromatic heterocycles. The molecule has 2 atom stereocenters. The van der Waals surface area contributed by atoms with E-state index in [1.165, 1.54) is 11.3 Å². The Morgan fingerprint density at radius 2 is 2.27 bits per heavy atom. The molecule has 1 saturated carbocycles. The first-order valence-electron chi connectivity index (χ1n) is 8.01. The molecule has 1 aliphatic carbocycles. The summed E-state index contributed by atoms with van der Waals surface area (Å²) < 4.78 is 5.34. The molecule has 7 heteroatoms. The van der Waals surface area contributed by atoms with Gasteiger partial charge >= 0.3 is 0 Å². The van der Waals surface area contributed by atoms with Crippen molar-refractivity contribution in [3.05, 3.63) is 11.1 Å². The third kappa shape index (κ3) is 4.25. The maximum absolute atomic E-state index is 12.3.